The highest BCUT2D eigenvalue weighted by Crippen LogP contribution is 2.19. The molecule has 0 saturated carbocycles. The number of ether oxygens (including phenoxy) is 1. The molecule has 3 aromatic heterocycles. The van der Waals surface area contributed by atoms with Gasteiger partial charge >= 0.3 is 0 Å². The summed E-state index contributed by atoms with van der Waals surface area (Å²) in [6, 6.07) is 5.54. The molecule has 7 heteroatoms. The fraction of sp³-hybridized carbons (Fsp3) is 0.294. The lowest BCUT2D eigenvalue weighted by atomic mass is 10.2. The molecule has 0 N–H and O–H groups in total. The molecule has 3 rings (SSSR count). The summed E-state index contributed by atoms with van der Waals surface area (Å²) in [5, 5.41) is 13.8. The molecule has 0 aromatic carbocycles. The lowest BCUT2D eigenvalue weighted by molar-refractivity contribution is 0.398. The van der Waals surface area contributed by atoms with Gasteiger partial charge in [-0.1, -0.05) is 0 Å². The first-order valence-electron chi connectivity index (χ1n) is 7.54. The number of nitriles is 1. The third-order valence-corrected chi connectivity index (χ3v) is 3.77. The minimum Gasteiger partial charge on any atom is -0.480 e. The van der Waals surface area contributed by atoms with Crippen LogP contribution < -0.4 is 10.3 Å². The fourth-order valence-electron chi connectivity index (χ4n) is 2.49. The van der Waals surface area contributed by atoms with E-state index in [1.165, 1.54) is 13.2 Å². The second kappa shape index (κ2) is 6.16. The molecule has 24 heavy (non-hydrogen) atoms. The maximum atomic E-state index is 12.7. The number of pyridine rings is 2. The average molecular weight is 323 g/mol. The SMILES string of the molecule is COc1nc2ccn(Cc3cnn(C(C)C)c3)c(=O)c2cc1C#N. The van der Waals surface area contributed by atoms with Crippen molar-refractivity contribution >= 4 is 10.9 Å². The van der Waals surface area contributed by atoms with E-state index in [-0.39, 0.29) is 23.0 Å². The van der Waals surface area contributed by atoms with Gasteiger partial charge in [0.2, 0.25) is 5.88 Å². The van der Waals surface area contributed by atoms with Crippen LogP contribution >= 0.6 is 0 Å². The molecule has 3 aromatic rings. The van der Waals surface area contributed by atoms with E-state index in [0.29, 0.717) is 17.4 Å². The molecule has 0 aliphatic carbocycles. The second-order valence-electron chi connectivity index (χ2n) is 5.76. The number of aromatic nitrogens is 4. The Labute approximate surface area is 138 Å². The van der Waals surface area contributed by atoms with E-state index in [9.17, 15) is 4.79 Å². The van der Waals surface area contributed by atoms with E-state index < -0.39 is 0 Å². The van der Waals surface area contributed by atoms with Crippen molar-refractivity contribution < 1.29 is 4.74 Å². The van der Waals surface area contributed by atoms with Crippen molar-refractivity contribution in [1.82, 2.24) is 19.3 Å². The first-order valence-corrected chi connectivity index (χ1v) is 7.54. The number of hydrogen-bond donors (Lipinski definition) is 0. The Balaban J connectivity index is 2.05. The van der Waals surface area contributed by atoms with Crippen LogP contribution in [0.3, 0.4) is 0 Å². The molecule has 122 valence electrons. The summed E-state index contributed by atoms with van der Waals surface area (Å²) in [5.74, 6) is 0.223. The first-order chi connectivity index (χ1) is 11.5. The van der Waals surface area contributed by atoms with Gasteiger partial charge in [0, 0.05) is 24.0 Å². The van der Waals surface area contributed by atoms with Crippen LogP contribution in [0.4, 0.5) is 0 Å². The van der Waals surface area contributed by atoms with Gasteiger partial charge in [-0.3, -0.25) is 9.48 Å². The van der Waals surface area contributed by atoms with Gasteiger partial charge in [0.15, 0.2) is 0 Å². The maximum Gasteiger partial charge on any atom is 0.260 e. The fourth-order valence-corrected chi connectivity index (χ4v) is 2.49. The Morgan fingerprint density at radius 2 is 2.21 bits per heavy atom. The summed E-state index contributed by atoms with van der Waals surface area (Å²) in [6.07, 6.45) is 5.37. The summed E-state index contributed by atoms with van der Waals surface area (Å²) in [6.45, 7) is 4.50. The van der Waals surface area contributed by atoms with Crippen LogP contribution in [0.2, 0.25) is 0 Å². The van der Waals surface area contributed by atoms with Crippen LogP contribution in [0.25, 0.3) is 10.9 Å². The van der Waals surface area contributed by atoms with Crippen molar-refractivity contribution in [3.63, 3.8) is 0 Å². The van der Waals surface area contributed by atoms with E-state index in [1.807, 2.05) is 30.8 Å². The molecular formula is C17H17N5O2. The summed E-state index contributed by atoms with van der Waals surface area (Å²) in [7, 11) is 1.45. The van der Waals surface area contributed by atoms with E-state index in [1.54, 1.807) is 23.0 Å². The minimum absolute atomic E-state index is 0.198. The van der Waals surface area contributed by atoms with Crippen molar-refractivity contribution in [3.8, 4) is 11.9 Å². The van der Waals surface area contributed by atoms with Crippen molar-refractivity contribution in [2.24, 2.45) is 0 Å². The Bertz CT molecular complexity index is 994. The van der Waals surface area contributed by atoms with Crippen LogP contribution in [0.5, 0.6) is 5.88 Å². The minimum atomic E-state index is -0.198. The molecule has 0 bridgehead atoms. The molecule has 0 fully saturated rings. The Morgan fingerprint density at radius 3 is 2.83 bits per heavy atom. The van der Waals surface area contributed by atoms with Crippen LogP contribution in [0.15, 0.2) is 35.5 Å². The Kier molecular flexibility index (Phi) is 4.04. The van der Waals surface area contributed by atoms with Gasteiger partial charge in [-0.05, 0) is 26.0 Å². The third-order valence-electron chi connectivity index (χ3n) is 3.77. The molecule has 0 spiro atoms. The largest absolute Gasteiger partial charge is 0.480 e. The van der Waals surface area contributed by atoms with Crippen LogP contribution in [0.1, 0.15) is 31.0 Å². The topological polar surface area (TPSA) is 85.7 Å². The zero-order chi connectivity index (χ0) is 17.3. The zero-order valence-electron chi connectivity index (χ0n) is 13.7. The van der Waals surface area contributed by atoms with Gasteiger partial charge in [-0.25, -0.2) is 4.98 Å². The van der Waals surface area contributed by atoms with Gasteiger partial charge in [0.05, 0.1) is 30.8 Å². The van der Waals surface area contributed by atoms with Gasteiger partial charge in [0.1, 0.15) is 11.6 Å². The van der Waals surface area contributed by atoms with E-state index in [4.69, 9.17) is 10.00 Å². The molecule has 3 heterocycles. The number of nitrogens with zero attached hydrogens (tertiary/aromatic N) is 5. The summed E-state index contributed by atoms with van der Waals surface area (Å²) in [4.78, 5) is 16.9. The van der Waals surface area contributed by atoms with Crippen LogP contribution in [0, 0.1) is 11.3 Å². The van der Waals surface area contributed by atoms with Gasteiger partial charge in [-0.15, -0.1) is 0 Å². The van der Waals surface area contributed by atoms with Crippen LogP contribution in [-0.2, 0) is 6.54 Å². The predicted molar refractivity (Wildman–Crippen MR) is 89.0 cm³/mol. The second-order valence-corrected chi connectivity index (χ2v) is 5.76. The Hall–Kier alpha value is -3.14. The zero-order valence-corrected chi connectivity index (χ0v) is 13.7. The third kappa shape index (κ3) is 2.74. The number of methoxy groups -OCH3 is 1. The summed E-state index contributed by atoms with van der Waals surface area (Å²) < 4.78 is 8.51. The molecule has 0 aliphatic rings. The molecule has 0 aliphatic heterocycles. The van der Waals surface area contributed by atoms with E-state index in [2.05, 4.69) is 10.1 Å². The Morgan fingerprint density at radius 1 is 1.42 bits per heavy atom. The number of fused-ring (bicyclic) bond motifs is 1. The summed E-state index contributed by atoms with van der Waals surface area (Å²) >= 11 is 0. The van der Waals surface area contributed by atoms with E-state index >= 15 is 0 Å². The van der Waals surface area contributed by atoms with Gasteiger partial charge < -0.3 is 9.30 Å². The lowest BCUT2D eigenvalue weighted by Gasteiger charge is -2.08. The first kappa shape index (κ1) is 15.7. The summed E-state index contributed by atoms with van der Waals surface area (Å²) in [5.41, 5.74) is 1.49. The predicted octanol–water partition coefficient (Wildman–Crippen LogP) is 2.10. The highest BCUT2D eigenvalue weighted by molar-refractivity contribution is 5.80. The molecule has 0 amide bonds. The lowest BCUT2D eigenvalue weighted by Crippen LogP contribution is -2.20. The number of hydrogen-bond acceptors (Lipinski definition) is 5. The van der Waals surface area contributed by atoms with Crippen LogP contribution in [-0.4, -0.2) is 26.4 Å². The quantitative estimate of drug-likeness (QED) is 0.734. The highest BCUT2D eigenvalue weighted by atomic mass is 16.5. The molecule has 7 nitrogen and oxygen atoms in total. The molecular weight excluding hydrogens is 306 g/mol. The molecule has 0 radical (unpaired) electrons. The molecule has 0 saturated heterocycles. The maximum absolute atomic E-state index is 12.7. The molecule has 0 unspecified atom stereocenters. The normalized spacial score (nSPS) is 11.0. The highest BCUT2D eigenvalue weighted by Gasteiger charge is 2.11. The number of rotatable bonds is 4. The van der Waals surface area contributed by atoms with Crippen molar-refractivity contribution in [1.29, 1.82) is 5.26 Å². The van der Waals surface area contributed by atoms with E-state index in [0.717, 1.165) is 5.56 Å². The monoisotopic (exact) mass is 323 g/mol. The molecule has 0 atom stereocenters. The van der Waals surface area contributed by atoms with Crippen molar-refractivity contribution in [2.45, 2.75) is 26.4 Å². The van der Waals surface area contributed by atoms with Gasteiger partial charge in [-0.2, -0.15) is 10.4 Å². The standard InChI is InChI=1S/C17H17N5O2/c1-11(2)22-10-12(8-19-22)9-21-5-4-15-14(17(21)23)6-13(7-18)16(20-15)24-3/h4-6,8,10-11H,9H2,1-3H3. The van der Waals surface area contributed by atoms with Crippen molar-refractivity contribution in [3.05, 3.63) is 52.2 Å². The van der Waals surface area contributed by atoms with Gasteiger partial charge in [0.25, 0.3) is 5.56 Å². The van der Waals surface area contributed by atoms with Crippen molar-refractivity contribution in [2.75, 3.05) is 7.11 Å². The average Bonchev–Trinajstić information content (AvgIpc) is 3.05. The smallest absolute Gasteiger partial charge is 0.260 e.